The van der Waals surface area contributed by atoms with Gasteiger partial charge < -0.3 is 24.8 Å². The molecule has 1 heterocycles. The van der Waals surface area contributed by atoms with Crippen LogP contribution in [-0.2, 0) is 0 Å². The fourth-order valence-electron chi connectivity index (χ4n) is 1.59. The Labute approximate surface area is 108 Å². The van der Waals surface area contributed by atoms with Gasteiger partial charge in [0.15, 0.2) is 23.1 Å². The van der Waals surface area contributed by atoms with Gasteiger partial charge in [-0.15, -0.1) is 0 Å². The fourth-order valence-corrected chi connectivity index (χ4v) is 1.82. The highest BCUT2D eigenvalue weighted by Crippen LogP contribution is 2.47. The summed E-state index contributed by atoms with van der Waals surface area (Å²) >= 11 is 6.04. The van der Waals surface area contributed by atoms with Crippen LogP contribution in [0.4, 0.5) is 5.82 Å². The van der Waals surface area contributed by atoms with Crippen molar-refractivity contribution >= 4 is 17.4 Å². The largest absolute Gasteiger partial charge is 0.506 e. The maximum atomic E-state index is 9.74. The van der Waals surface area contributed by atoms with E-state index in [0.29, 0.717) is 17.1 Å². The normalized spacial score (nSPS) is 10.4. The van der Waals surface area contributed by atoms with Gasteiger partial charge in [0.05, 0.1) is 24.8 Å². The molecule has 0 atom stereocenters. The van der Waals surface area contributed by atoms with E-state index in [1.807, 2.05) is 0 Å². The number of aromatic nitrogens is 1. The molecule has 7 heteroatoms. The summed E-state index contributed by atoms with van der Waals surface area (Å²) in [5.74, 6) is 0.981. The molecule has 18 heavy (non-hydrogen) atoms. The molecule has 0 spiro atoms. The predicted octanol–water partition coefficient (Wildman–Crippen LogP) is 2.30. The highest BCUT2D eigenvalue weighted by atomic mass is 35.5. The molecule has 0 aliphatic heterocycles. The van der Waals surface area contributed by atoms with Crippen molar-refractivity contribution in [3.63, 3.8) is 0 Å². The van der Waals surface area contributed by atoms with Crippen molar-refractivity contribution in [2.24, 2.45) is 0 Å². The number of ether oxygens (including phenoxy) is 2. The van der Waals surface area contributed by atoms with Gasteiger partial charge in [0.1, 0.15) is 5.75 Å². The van der Waals surface area contributed by atoms with Crippen LogP contribution in [0.5, 0.6) is 17.2 Å². The molecule has 0 unspecified atom stereocenters. The maximum absolute atomic E-state index is 9.74. The number of hydrogen-bond acceptors (Lipinski definition) is 6. The summed E-state index contributed by atoms with van der Waals surface area (Å²) < 4.78 is 15.3. The number of anilines is 1. The summed E-state index contributed by atoms with van der Waals surface area (Å²) in [4.78, 5) is 0. The van der Waals surface area contributed by atoms with Crippen molar-refractivity contribution in [3.05, 3.63) is 17.2 Å². The molecular formula is C11H11ClN2O4. The highest BCUT2D eigenvalue weighted by Gasteiger charge is 2.22. The number of aromatic hydroxyl groups is 1. The summed E-state index contributed by atoms with van der Waals surface area (Å²) in [7, 11) is 2.90. The summed E-state index contributed by atoms with van der Waals surface area (Å²) in [6, 6.07) is 2.83. The average molecular weight is 271 g/mol. The van der Waals surface area contributed by atoms with Crippen LogP contribution >= 0.6 is 11.6 Å². The monoisotopic (exact) mass is 270 g/mol. The zero-order chi connectivity index (χ0) is 13.3. The molecule has 0 amide bonds. The van der Waals surface area contributed by atoms with E-state index in [1.165, 1.54) is 26.4 Å². The van der Waals surface area contributed by atoms with Crippen molar-refractivity contribution in [1.82, 2.24) is 5.16 Å². The average Bonchev–Trinajstić information content (AvgIpc) is 2.78. The molecule has 0 aliphatic carbocycles. The Morgan fingerprint density at radius 1 is 1.33 bits per heavy atom. The molecule has 0 fully saturated rings. The quantitative estimate of drug-likeness (QED) is 0.889. The van der Waals surface area contributed by atoms with E-state index in [2.05, 4.69) is 5.16 Å². The van der Waals surface area contributed by atoms with Gasteiger partial charge in [-0.2, -0.15) is 0 Å². The molecule has 0 aliphatic rings. The van der Waals surface area contributed by atoms with Gasteiger partial charge >= 0.3 is 0 Å². The van der Waals surface area contributed by atoms with Crippen LogP contribution in [0.2, 0.25) is 5.02 Å². The van der Waals surface area contributed by atoms with Crippen LogP contribution in [-0.4, -0.2) is 24.5 Å². The minimum Gasteiger partial charge on any atom is -0.506 e. The number of hydrogen-bond donors (Lipinski definition) is 2. The van der Waals surface area contributed by atoms with Gasteiger partial charge in [-0.3, -0.25) is 0 Å². The van der Waals surface area contributed by atoms with Crippen LogP contribution in [0.25, 0.3) is 11.3 Å². The van der Waals surface area contributed by atoms with Crippen molar-refractivity contribution in [1.29, 1.82) is 0 Å². The van der Waals surface area contributed by atoms with Gasteiger partial charge in [-0.05, 0) is 0 Å². The predicted molar refractivity (Wildman–Crippen MR) is 66.1 cm³/mol. The van der Waals surface area contributed by atoms with E-state index in [0.717, 1.165) is 0 Å². The van der Waals surface area contributed by atoms with Gasteiger partial charge in [-0.1, -0.05) is 16.8 Å². The first kappa shape index (κ1) is 12.4. The number of halogens is 1. The Hall–Kier alpha value is -2.08. The minimum absolute atomic E-state index is 0.0730. The van der Waals surface area contributed by atoms with Crippen LogP contribution < -0.4 is 15.2 Å². The number of phenolic OH excluding ortho intramolecular Hbond substituents is 1. The molecule has 6 nitrogen and oxygen atoms in total. The van der Waals surface area contributed by atoms with E-state index in [1.54, 1.807) is 0 Å². The zero-order valence-electron chi connectivity index (χ0n) is 9.73. The number of phenols is 1. The lowest BCUT2D eigenvalue weighted by atomic mass is 10.1. The maximum Gasteiger partial charge on any atom is 0.174 e. The Morgan fingerprint density at radius 2 is 2.06 bits per heavy atom. The summed E-state index contributed by atoms with van der Waals surface area (Å²) in [6.07, 6.45) is 0. The summed E-state index contributed by atoms with van der Waals surface area (Å²) in [6.45, 7) is 0. The highest BCUT2D eigenvalue weighted by molar-refractivity contribution is 6.35. The molecule has 1 aromatic heterocycles. The van der Waals surface area contributed by atoms with E-state index < -0.39 is 0 Å². The summed E-state index contributed by atoms with van der Waals surface area (Å²) in [5, 5.41) is 13.4. The molecule has 1 aromatic carbocycles. The summed E-state index contributed by atoms with van der Waals surface area (Å²) in [5.41, 5.74) is 5.82. The molecule has 0 saturated heterocycles. The SMILES string of the molecule is COc1cc(O)c(Cl)c(-c2cc(N)no2)c1OC. The van der Waals surface area contributed by atoms with E-state index >= 15 is 0 Å². The number of nitrogens with zero attached hydrogens (tertiary/aromatic N) is 1. The second-order valence-corrected chi connectivity index (χ2v) is 3.81. The minimum atomic E-state index is -0.153. The van der Waals surface area contributed by atoms with Gasteiger partial charge in [0.25, 0.3) is 0 Å². The molecular weight excluding hydrogens is 260 g/mol. The number of benzene rings is 1. The third kappa shape index (κ3) is 1.91. The standard InChI is InChI=1S/C11H11ClN2O4/c1-16-7-3-5(15)10(12)9(11(7)17-2)6-4-8(13)14-18-6/h3-4,15H,1-2H3,(H2,13,14). The lowest BCUT2D eigenvalue weighted by Gasteiger charge is -2.13. The topological polar surface area (TPSA) is 90.7 Å². The van der Waals surface area contributed by atoms with Gasteiger partial charge in [-0.25, -0.2) is 0 Å². The number of nitrogen functional groups attached to an aromatic ring is 1. The van der Waals surface area contributed by atoms with Crippen molar-refractivity contribution < 1.29 is 19.1 Å². The first-order valence-electron chi connectivity index (χ1n) is 4.94. The lowest BCUT2D eigenvalue weighted by Crippen LogP contribution is -1.94. The fraction of sp³-hybridized carbons (Fsp3) is 0.182. The van der Waals surface area contributed by atoms with Crippen LogP contribution in [0, 0.1) is 0 Å². The second-order valence-electron chi connectivity index (χ2n) is 3.44. The van der Waals surface area contributed by atoms with Crippen molar-refractivity contribution in [3.8, 4) is 28.6 Å². The van der Waals surface area contributed by atoms with E-state index in [4.69, 9.17) is 31.3 Å². The smallest absolute Gasteiger partial charge is 0.174 e. The van der Waals surface area contributed by atoms with Crippen LogP contribution in [0.3, 0.4) is 0 Å². The number of methoxy groups -OCH3 is 2. The molecule has 96 valence electrons. The van der Waals surface area contributed by atoms with Crippen LogP contribution in [0.1, 0.15) is 0 Å². The molecule has 0 radical (unpaired) electrons. The number of rotatable bonds is 3. The first-order chi connectivity index (χ1) is 8.58. The first-order valence-corrected chi connectivity index (χ1v) is 5.32. The van der Waals surface area contributed by atoms with Gasteiger partial charge in [0, 0.05) is 12.1 Å². The molecule has 0 saturated carbocycles. The second kappa shape index (κ2) is 4.66. The van der Waals surface area contributed by atoms with E-state index in [-0.39, 0.29) is 22.4 Å². The Morgan fingerprint density at radius 3 is 2.56 bits per heavy atom. The molecule has 3 N–H and O–H groups in total. The van der Waals surface area contributed by atoms with Crippen LogP contribution in [0.15, 0.2) is 16.7 Å². The Bertz CT molecular complexity index is 583. The Balaban J connectivity index is 2.74. The Kier molecular flexibility index (Phi) is 3.20. The molecule has 0 bridgehead atoms. The zero-order valence-corrected chi connectivity index (χ0v) is 10.5. The number of nitrogens with two attached hydrogens (primary N) is 1. The van der Waals surface area contributed by atoms with Gasteiger partial charge in [0.2, 0.25) is 0 Å². The third-order valence-corrected chi connectivity index (χ3v) is 2.74. The van der Waals surface area contributed by atoms with E-state index in [9.17, 15) is 5.11 Å². The molecule has 2 rings (SSSR count). The third-order valence-electron chi connectivity index (χ3n) is 2.36. The van der Waals surface area contributed by atoms with Crippen molar-refractivity contribution in [2.75, 3.05) is 20.0 Å². The molecule has 2 aromatic rings. The van der Waals surface area contributed by atoms with Crippen molar-refractivity contribution in [2.45, 2.75) is 0 Å². The lowest BCUT2D eigenvalue weighted by molar-refractivity contribution is 0.350.